The van der Waals surface area contributed by atoms with E-state index in [1.807, 2.05) is 9.71 Å². The second-order valence-corrected chi connectivity index (χ2v) is 7.67. The number of amides is 1. The summed E-state index contributed by atoms with van der Waals surface area (Å²) in [6, 6.07) is 21.3. The molecule has 1 N–H and O–H groups in total. The van der Waals surface area contributed by atoms with Crippen molar-refractivity contribution in [2.75, 3.05) is 26.2 Å². The van der Waals surface area contributed by atoms with Gasteiger partial charge in [-0.2, -0.15) is 0 Å². The summed E-state index contributed by atoms with van der Waals surface area (Å²) in [5.74, 6) is 0.633. The molecule has 1 fully saturated rings. The highest BCUT2D eigenvalue weighted by atomic mass is 16.2. The van der Waals surface area contributed by atoms with Crippen molar-refractivity contribution in [3.05, 3.63) is 71.8 Å². The van der Waals surface area contributed by atoms with E-state index in [1.54, 1.807) is 6.82 Å². The molecule has 4 nitrogen and oxygen atoms in total. The van der Waals surface area contributed by atoms with Crippen molar-refractivity contribution in [3.8, 4) is 0 Å². The van der Waals surface area contributed by atoms with Gasteiger partial charge in [0.05, 0.1) is 0 Å². The van der Waals surface area contributed by atoms with Crippen LogP contribution in [0.3, 0.4) is 0 Å². The molecular weight excluding hydrogens is 347 g/mol. The van der Waals surface area contributed by atoms with Gasteiger partial charge < -0.3 is 14.7 Å². The zero-order valence-corrected chi connectivity index (χ0v) is 16.8. The van der Waals surface area contributed by atoms with Crippen LogP contribution in [-0.4, -0.2) is 53.9 Å². The summed E-state index contributed by atoms with van der Waals surface area (Å²) in [5.41, 5.74) is 2.68. The van der Waals surface area contributed by atoms with Crippen LogP contribution in [0.2, 0.25) is 6.82 Å². The highest BCUT2D eigenvalue weighted by Gasteiger charge is 2.24. The third-order valence-corrected chi connectivity index (χ3v) is 5.73. The zero-order chi connectivity index (χ0) is 19.8. The van der Waals surface area contributed by atoms with Gasteiger partial charge in [0.25, 0.3) is 0 Å². The van der Waals surface area contributed by atoms with Gasteiger partial charge in [-0.25, -0.2) is 0 Å². The zero-order valence-electron chi connectivity index (χ0n) is 16.8. The Hall–Kier alpha value is -2.11. The van der Waals surface area contributed by atoms with Crippen LogP contribution >= 0.6 is 0 Å². The SMILES string of the molecule is CB(O)N1CCN(C(=O)CCCCC(c2ccccc2)c2ccccc2)CC1. The smallest absolute Gasteiger partial charge is 0.376 e. The molecule has 2 aromatic rings. The molecule has 0 saturated carbocycles. The Bertz CT molecular complexity index is 676. The first-order chi connectivity index (χ1) is 13.6. The molecule has 0 bridgehead atoms. The third-order valence-electron chi connectivity index (χ3n) is 5.73. The number of carbonyl (C=O) groups excluding carboxylic acids is 1. The summed E-state index contributed by atoms with van der Waals surface area (Å²) in [4.78, 5) is 16.5. The Kier molecular flexibility index (Phi) is 7.69. The number of piperazine rings is 1. The summed E-state index contributed by atoms with van der Waals surface area (Å²) in [5, 5.41) is 9.64. The molecule has 0 atom stereocenters. The molecule has 28 heavy (non-hydrogen) atoms. The monoisotopic (exact) mass is 378 g/mol. The van der Waals surface area contributed by atoms with Gasteiger partial charge in [-0.15, -0.1) is 0 Å². The van der Waals surface area contributed by atoms with Crippen molar-refractivity contribution < 1.29 is 9.82 Å². The van der Waals surface area contributed by atoms with Crippen LogP contribution in [0.1, 0.15) is 42.7 Å². The number of carbonyl (C=O) groups is 1. The van der Waals surface area contributed by atoms with Gasteiger partial charge in [0.15, 0.2) is 0 Å². The molecular formula is C23H31BN2O2. The van der Waals surface area contributed by atoms with Crippen LogP contribution < -0.4 is 0 Å². The van der Waals surface area contributed by atoms with Crippen LogP contribution in [0.5, 0.6) is 0 Å². The van der Waals surface area contributed by atoms with Crippen LogP contribution in [0.4, 0.5) is 0 Å². The summed E-state index contributed by atoms with van der Waals surface area (Å²) in [6.07, 6.45) is 3.63. The van der Waals surface area contributed by atoms with E-state index < -0.39 is 7.05 Å². The Labute approximate surface area is 169 Å². The van der Waals surface area contributed by atoms with E-state index in [9.17, 15) is 9.82 Å². The van der Waals surface area contributed by atoms with Gasteiger partial charge in [-0.05, 0) is 30.8 Å². The first kappa shape index (κ1) is 20.6. The van der Waals surface area contributed by atoms with Crippen molar-refractivity contribution in [2.24, 2.45) is 0 Å². The first-order valence-electron chi connectivity index (χ1n) is 10.4. The highest BCUT2D eigenvalue weighted by molar-refractivity contribution is 6.45. The Morgan fingerprint density at radius 1 is 0.929 bits per heavy atom. The lowest BCUT2D eigenvalue weighted by Crippen LogP contribution is -2.52. The number of benzene rings is 2. The second-order valence-electron chi connectivity index (χ2n) is 7.67. The summed E-state index contributed by atoms with van der Waals surface area (Å²) in [6.45, 7) is 4.75. The van der Waals surface area contributed by atoms with Crippen molar-refractivity contribution in [1.29, 1.82) is 0 Å². The van der Waals surface area contributed by atoms with E-state index in [0.29, 0.717) is 12.3 Å². The number of rotatable bonds is 8. The topological polar surface area (TPSA) is 43.8 Å². The lowest BCUT2D eigenvalue weighted by Gasteiger charge is -2.35. The number of hydrogen-bond acceptors (Lipinski definition) is 3. The third kappa shape index (κ3) is 5.70. The van der Waals surface area contributed by atoms with E-state index in [0.717, 1.165) is 45.4 Å². The molecule has 0 unspecified atom stereocenters. The number of hydrogen-bond donors (Lipinski definition) is 1. The average Bonchev–Trinajstić information content (AvgIpc) is 2.75. The van der Waals surface area contributed by atoms with Crippen molar-refractivity contribution in [2.45, 2.75) is 38.4 Å². The highest BCUT2D eigenvalue weighted by Crippen LogP contribution is 2.29. The molecule has 148 valence electrons. The number of unbranched alkanes of at least 4 members (excludes halogenated alkanes) is 1. The van der Waals surface area contributed by atoms with Gasteiger partial charge in [0, 0.05) is 38.5 Å². The molecule has 1 aliphatic heterocycles. The quantitative estimate of drug-likeness (QED) is 0.564. The molecule has 1 saturated heterocycles. The van der Waals surface area contributed by atoms with Crippen molar-refractivity contribution >= 4 is 13.0 Å². The summed E-state index contributed by atoms with van der Waals surface area (Å²) < 4.78 is 0. The van der Waals surface area contributed by atoms with E-state index in [2.05, 4.69) is 60.7 Å². The first-order valence-corrected chi connectivity index (χ1v) is 10.4. The largest absolute Gasteiger partial charge is 0.437 e. The fourth-order valence-corrected chi connectivity index (χ4v) is 4.02. The molecule has 1 aliphatic rings. The predicted molar refractivity (Wildman–Crippen MR) is 115 cm³/mol. The molecule has 0 radical (unpaired) electrons. The molecule has 0 aromatic heterocycles. The Morgan fingerprint density at radius 2 is 1.46 bits per heavy atom. The molecule has 3 rings (SSSR count). The van der Waals surface area contributed by atoms with Gasteiger partial charge in [-0.3, -0.25) is 4.79 Å². The second kappa shape index (κ2) is 10.4. The van der Waals surface area contributed by atoms with Gasteiger partial charge >= 0.3 is 7.05 Å². The molecule has 1 heterocycles. The average molecular weight is 378 g/mol. The molecule has 2 aromatic carbocycles. The van der Waals surface area contributed by atoms with Crippen LogP contribution in [0, 0.1) is 0 Å². The minimum Gasteiger partial charge on any atom is -0.437 e. The predicted octanol–water partition coefficient (Wildman–Crippen LogP) is 3.63. The Balaban J connectivity index is 1.48. The summed E-state index contributed by atoms with van der Waals surface area (Å²) >= 11 is 0. The maximum absolute atomic E-state index is 12.5. The van der Waals surface area contributed by atoms with Gasteiger partial charge in [0.1, 0.15) is 0 Å². The normalized spacial score (nSPS) is 15.0. The molecule has 0 spiro atoms. The fraction of sp³-hybridized carbons (Fsp3) is 0.435. The van der Waals surface area contributed by atoms with Gasteiger partial charge in [0.2, 0.25) is 5.91 Å². The van der Waals surface area contributed by atoms with E-state index in [-0.39, 0.29) is 5.91 Å². The molecule has 1 amide bonds. The van der Waals surface area contributed by atoms with Crippen LogP contribution in [0.15, 0.2) is 60.7 Å². The van der Waals surface area contributed by atoms with Crippen molar-refractivity contribution in [1.82, 2.24) is 9.71 Å². The van der Waals surface area contributed by atoms with Crippen LogP contribution in [0.25, 0.3) is 0 Å². The van der Waals surface area contributed by atoms with Gasteiger partial charge in [-0.1, -0.05) is 67.1 Å². The standard InChI is InChI=1S/C23H31BN2O2/c1-24(28)26-18-16-25(17-19-26)23(27)15-9-8-14-22(20-10-4-2-5-11-20)21-12-6-3-7-13-21/h2-7,10-13,22,28H,8-9,14-19H2,1H3. The van der Waals surface area contributed by atoms with E-state index >= 15 is 0 Å². The Morgan fingerprint density at radius 3 is 1.96 bits per heavy atom. The van der Waals surface area contributed by atoms with Crippen molar-refractivity contribution in [3.63, 3.8) is 0 Å². The minimum absolute atomic E-state index is 0.251. The maximum atomic E-state index is 12.5. The fourth-order valence-electron chi connectivity index (χ4n) is 4.02. The minimum atomic E-state index is -0.426. The maximum Gasteiger partial charge on any atom is 0.376 e. The van der Waals surface area contributed by atoms with Crippen LogP contribution in [-0.2, 0) is 4.79 Å². The molecule has 5 heteroatoms. The number of nitrogens with zero attached hydrogens (tertiary/aromatic N) is 2. The van der Waals surface area contributed by atoms with E-state index in [1.165, 1.54) is 11.1 Å². The lowest BCUT2D eigenvalue weighted by atomic mass is 9.84. The summed E-state index contributed by atoms with van der Waals surface area (Å²) in [7, 11) is -0.426. The van der Waals surface area contributed by atoms with E-state index in [4.69, 9.17) is 0 Å². The molecule has 0 aliphatic carbocycles. The lowest BCUT2D eigenvalue weighted by molar-refractivity contribution is -0.132.